The smallest absolute Gasteiger partial charge is 0.343 e. The van der Waals surface area contributed by atoms with Crippen LogP contribution in [0.5, 0.6) is 0 Å². The third-order valence-corrected chi connectivity index (χ3v) is 2.11. The highest BCUT2D eigenvalue weighted by molar-refractivity contribution is 7.10. The summed E-state index contributed by atoms with van der Waals surface area (Å²) >= 11 is 1.28. The maximum Gasteiger partial charge on any atom is 0.343 e. The molecular formula is C8H6O4S. The average Bonchev–Trinajstić information content (AvgIpc) is 2.50. The van der Waals surface area contributed by atoms with Crippen LogP contribution in [0, 0.1) is 0 Å². The van der Waals surface area contributed by atoms with Gasteiger partial charge in [-0.1, -0.05) is 6.07 Å². The molecule has 0 amide bonds. The Labute approximate surface area is 77.8 Å². The molecule has 2 N–H and O–H groups in total. The number of hydrogen-bond donors (Lipinski definition) is 2. The van der Waals surface area contributed by atoms with Gasteiger partial charge < -0.3 is 10.2 Å². The summed E-state index contributed by atoms with van der Waals surface area (Å²) < 4.78 is 0. The topological polar surface area (TPSA) is 74.6 Å². The van der Waals surface area contributed by atoms with E-state index in [0.717, 1.165) is 6.08 Å². The summed E-state index contributed by atoms with van der Waals surface area (Å²) in [6.07, 6.45) is 1.13. The van der Waals surface area contributed by atoms with Crippen LogP contribution >= 0.6 is 11.3 Å². The molecule has 0 aliphatic rings. The fourth-order valence-corrected chi connectivity index (χ4v) is 1.39. The second-order valence-corrected chi connectivity index (χ2v) is 3.16. The quantitative estimate of drug-likeness (QED) is 0.436. The highest BCUT2D eigenvalue weighted by Crippen LogP contribution is 2.13. The van der Waals surface area contributed by atoms with E-state index < -0.39 is 17.5 Å². The minimum Gasteiger partial charge on any atom is -0.477 e. The fraction of sp³-hybridized carbons (Fsp3) is 0. The third kappa shape index (κ3) is 2.41. The zero-order valence-corrected chi connectivity index (χ0v) is 7.25. The molecule has 4 nitrogen and oxygen atoms in total. The molecular weight excluding hydrogens is 192 g/mol. The van der Waals surface area contributed by atoms with E-state index in [-0.39, 0.29) is 0 Å². The van der Waals surface area contributed by atoms with Gasteiger partial charge in [-0.15, -0.1) is 11.3 Å². The Morgan fingerprint density at radius 2 is 1.92 bits per heavy atom. The first-order valence-corrected chi connectivity index (χ1v) is 4.21. The van der Waals surface area contributed by atoms with Crippen LogP contribution in [0.1, 0.15) is 4.88 Å². The number of carboxylic acids is 2. The first-order chi connectivity index (χ1) is 6.11. The zero-order chi connectivity index (χ0) is 9.84. The number of carboxylic acid groups (broad SMARTS) is 2. The molecule has 0 radical (unpaired) electrons. The predicted octanol–water partition coefficient (Wildman–Crippen LogP) is 1.30. The van der Waals surface area contributed by atoms with Gasteiger partial charge in [-0.3, -0.25) is 0 Å². The molecule has 0 aliphatic heterocycles. The lowest BCUT2D eigenvalue weighted by Crippen LogP contribution is -2.10. The maximum absolute atomic E-state index is 10.4. The molecule has 0 saturated carbocycles. The van der Waals surface area contributed by atoms with E-state index in [1.807, 2.05) is 0 Å². The van der Waals surface area contributed by atoms with Crippen molar-refractivity contribution >= 4 is 29.4 Å². The molecule has 1 aromatic rings. The van der Waals surface area contributed by atoms with Crippen LogP contribution in [-0.2, 0) is 9.59 Å². The third-order valence-electron chi connectivity index (χ3n) is 1.29. The van der Waals surface area contributed by atoms with Gasteiger partial charge in [-0.05, 0) is 17.5 Å². The Morgan fingerprint density at radius 3 is 2.31 bits per heavy atom. The fourth-order valence-electron chi connectivity index (χ4n) is 0.731. The second-order valence-electron chi connectivity index (χ2n) is 2.18. The van der Waals surface area contributed by atoms with Gasteiger partial charge in [-0.25, -0.2) is 9.59 Å². The van der Waals surface area contributed by atoms with Gasteiger partial charge in [-0.2, -0.15) is 0 Å². The highest BCUT2D eigenvalue weighted by atomic mass is 32.1. The number of carbonyl (C=O) groups is 2. The van der Waals surface area contributed by atoms with Gasteiger partial charge in [0.25, 0.3) is 0 Å². The predicted molar refractivity (Wildman–Crippen MR) is 47.6 cm³/mol. The number of rotatable bonds is 3. The molecule has 5 heteroatoms. The van der Waals surface area contributed by atoms with E-state index in [4.69, 9.17) is 10.2 Å². The van der Waals surface area contributed by atoms with Crippen LogP contribution in [0.25, 0.3) is 6.08 Å². The SMILES string of the molecule is O=C(O)C(=Cc1cccs1)C(=O)O. The Balaban J connectivity index is 3.01. The van der Waals surface area contributed by atoms with Gasteiger partial charge in [0, 0.05) is 4.88 Å². The van der Waals surface area contributed by atoms with E-state index in [2.05, 4.69) is 0 Å². The molecule has 0 bridgehead atoms. The first-order valence-electron chi connectivity index (χ1n) is 3.33. The van der Waals surface area contributed by atoms with Crippen LogP contribution in [0.3, 0.4) is 0 Å². The van der Waals surface area contributed by atoms with E-state index >= 15 is 0 Å². The summed E-state index contributed by atoms with van der Waals surface area (Å²) in [6, 6.07) is 3.37. The van der Waals surface area contributed by atoms with Crippen LogP contribution in [0.4, 0.5) is 0 Å². The summed E-state index contributed by atoms with van der Waals surface area (Å²) in [5.74, 6) is -2.86. The molecule has 1 aromatic heterocycles. The Morgan fingerprint density at radius 1 is 1.31 bits per heavy atom. The summed E-state index contributed by atoms with van der Waals surface area (Å²) in [4.78, 5) is 21.5. The number of hydrogen-bond acceptors (Lipinski definition) is 3. The molecule has 13 heavy (non-hydrogen) atoms. The van der Waals surface area contributed by atoms with E-state index in [1.54, 1.807) is 17.5 Å². The summed E-state index contributed by atoms with van der Waals surface area (Å²) in [5, 5.41) is 18.7. The molecule has 0 aromatic carbocycles. The zero-order valence-electron chi connectivity index (χ0n) is 6.43. The van der Waals surface area contributed by atoms with Crippen molar-refractivity contribution in [1.29, 1.82) is 0 Å². The molecule has 0 saturated heterocycles. The number of thiophene rings is 1. The average molecular weight is 198 g/mol. The summed E-state index contributed by atoms with van der Waals surface area (Å²) in [5.41, 5.74) is -0.623. The van der Waals surface area contributed by atoms with Crippen LogP contribution in [0.15, 0.2) is 23.1 Å². The van der Waals surface area contributed by atoms with Gasteiger partial charge in [0.1, 0.15) is 5.57 Å². The normalized spacial score (nSPS) is 9.23. The standard InChI is InChI=1S/C8H6O4S/c9-7(10)6(8(11)12)4-5-2-1-3-13-5/h1-4H,(H,9,10)(H,11,12). The van der Waals surface area contributed by atoms with Crippen LogP contribution in [0.2, 0.25) is 0 Å². The van der Waals surface area contributed by atoms with E-state index in [1.165, 1.54) is 11.3 Å². The lowest BCUT2D eigenvalue weighted by molar-refractivity contribution is -0.139. The molecule has 0 atom stereocenters. The minimum atomic E-state index is -1.43. The molecule has 68 valence electrons. The molecule has 1 heterocycles. The molecule has 0 fully saturated rings. The Bertz CT molecular complexity index is 334. The van der Waals surface area contributed by atoms with Crippen molar-refractivity contribution in [3.63, 3.8) is 0 Å². The van der Waals surface area contributed by atoms with Crippen molar-refractivity contribution in [2.45, 2.75) is 0 Å². The molecule has 0 aliphatic carbocycles. The Kier molecular flexibility index (Phi) is 2.81. The lowest BCUT2D eigenvalue weighted by atomic mass is 10.2. The van der Waals surface area contributed by atoms with Crippen molar-refractivity contribution in [3.8, 4) is 0 Å². The van der Waals surface area contributed by atoms with Gasteiger partial charge >= 0.3 is 11.9 Å². The Hall–Kier alpha value is -1.62. The second kappa shape index (κ2) is 3.86. The van der Waals surface area contributed by atoms with Crippen molar-refractivity contribution in [1.82, 2.24) is 0 Å². The van der Waals surface area contributed by atoms with Crippen molar-refractivity contribution in [2.75, 3.05) is 0 Å². The lowest BCUT2D eigenvalue weighted by Gasteiger charge is -1.92. The van der Waals surface area contributed by atoms with Gasteiger partial charge in [0.15, 0.2) is 0 Å². The van der Waals surface area contributed by atoms with Gasteiger partial charge in [0.05, 0.1) is 0 Å². The highest BCUT2D eigenvalue weighted by Gasteiger charge is 2.15. The van der Waals surface area contributed by atoms with Crippen LogP contribution in [-0.4, -0.2) is 22.2 Å². The maximum atomic E-state index is 10.4. The largest absolute Gasteiger partial charge is 0.477 e. The first kappa shape index (κ1) is 9.47. The monoisotopic (exact) mass is 198 g/mol. The van der Waals surface area contributed by atoms with Crippen molar-refractivity contribution in [3.05, 3.63) is 28.0 Å². The van der Waals surface area contributed by atoms with E-state index in [0.29, 0.717) is 4.88 Å². The van der Waals surface area contributed by atoms with Crippen molar-refractivity contribution in [2.24, 2.45) is 0 Å². The number of aliphatic carboxylic acids is 2. The van der Waals surface area contributed by atoms with Crippen LogP contribution < -0.4 is 0 Å². The van der Waals surface area contributed by atoms with E-state index in [9.17, 15) is 9.59 Å². The molecule has 0 spiro atoms. The molecule has 1 rings (SSSR count). The summed E-state index contributed by atoms with van der Waals surface area (Å²) in [7, 11) is 0. The van der Waals surface area contributed by atoms with Gasteiger partial charge in [0.2, 0.25) is 0 Å². The minimum absolute atomic E-state index is 0.611. The molecule has 0 unspecified atom stereocenters. The summed E-state index contributed by atoms with van der Waals surface area (Å²) in [6.45, 7) is 0. The van der Waals surface area contributed by atoms with Crippen molar-refractivity contribution < 1.29 is 19.8 Å².